The third kappa shape index (κ3) is 3.26. The Balaban J connectivity index is 2.48. The van der Waals surface area contributed by atoms with Crippen LogP contribution in [0.4, 0.5) is 5.69 Å². The Hall–Kier alpha value is -2.97. The second-order valence-corrected chi connectivity index (χ2v) is 10.6. The van der Waals surface area contributed by atoms with Crippen LogP contribution in [0.3, 0.4) is 0 Å². The minimum absolute atomic E-state index is 0.0745. The summed E-state index contributed by atoms with van der Waals surface area (Å²) in [5, 5.41) is -0.681. The van der Waals surface area contributed by atoms with Gasteiger partial charge in [0.1, 0.15) is 14.7 Å². The first-order valence-corrected chi connectivity index (χ1v) is 12.4. The number of carbonyl (C=O) groups excluding carboxylic acids is 1. The summed E-state index contributed by atoms with van der Waals surface area (Å²) in [7, 11) is -14.9. The smallest absolute Gasteiger partial charge is 0.282 e. The maximum Gasteiger partial charge on any atom is 0.295 e. The van der Waals surface area contributed by atoms with Crippen molar-refractivity contribution in [2.45, 2.75) is 14.7 Å². The molecule has 0 bridgehead atoms. The Morgan fingerprint density at radius 1 is 0.613 bits per heavy atom. The third-order valence-corrected chi connectivity index (χ3v) is 7.44. The van der Waals surface area contributed by atoms with E-state index in [0.717, 1.165) is 18.2 Å². The third-order valence-electron chi connectivity index (χ3n) is 4.76. The molecule has 0 atom stereocenters. The van der Waals surface area contributed by atoms with Crippen LogP contribution in [0.15, 0.2) is 56.1 Å². The molecule has 0 heterocycles. The maximum atomic E-state index is 11.9. The normalized spacial score (nSPS) is 13.1. The van der Waals surface area contributed by atoms with Gasteiger partial charge in [0.15, 0.2) is 0 Å². The molecule has 14 heteroatoms. The number of rotatable bonds is 4. The van der Waals surface area contributed by atoms with Gasteiger partial charge in [0, 0.05) is 32.3 Å². The fourth-order valence-corrected chi connectivity index (χ4v) is 5.87. The van der Waals surface area contributed by atoms with Crippen molar-refractivity contribution < 1.29 is 43.7 Å². The summed E-state index contributed by atoms with van der Waals surface area (Å²) in [6.07, 6.45) is 1.23. The largest absolute Gasteiger partial charge is 0.295 e. The van der Waals surface area contributed by atoms with Gasteiger partial charge in [-0.3, -0.25) is 13.7 Å². The van der Waals surface area contributed by atoms with Gasteiger partial charge in [0.2, 0.25) is 6.08 Å². The quantitative estimate of drug-likeness (QED) is 0.168. The molecular formula is C17H9NO10S3. The summed E-state index contributed by atoms with van der Waals surface area (Å²) >= 11 is 0. The van der Waals surface area contributed by atoms with E-state index in [1.165, 1.54) is 18.2 Å². The van der Waals surface area contributed by atoms with Crippen LogP contribution in [-0.2, 0) is 35.1 Å². The van der Waals surface area contributed by atoms with Crippen molar-refractivity contribution in [3.05, 3.63) is 36.4 Å². The summed E-state index contributed by atoms with van der Waals surface area (Å²) in [6.45, 7) is 0. The van der Waals surface area contributed by atoms with Crippen molar-refractivity contribution >= 4 is 74.4 Å². The maximum absolute atomic E-state index is 11.9. The predicted octanol–water partition coefficient (Wildman–Crippen LogP) is 2.29. The van der Waals surface area contributed by atoms with Gasteiger partial charge < -0.3 is 0 Å². The van der Waals surface area contributed by atoms with E-state index in [1.54, 1.807) is 0 Å². The molecule has 4 rings (SSSR count). The van der Waals surface area contributed by atoms with E-state index in [0.29, 0.717) is 6.07 Å². The Kier molecular flexibility index (Phi) is 4.47. The number of hydrogen-bond acceptors (Lipinski definition) is 8. The molecule has 160 valence electrons. The lowest BCUT2D eigenvalue weighted by Crippen LogP contribution is -2.06. The minimum atomic E-state index is -5.00. The van der Waals surface area contributed by atoms with Gasteiger partial charge in [-0.25, -0.2) is 4.79 Å². The molecule has 3 N–H and O–H groups in total. The van der Waals surface area contributed by atoms with Crippen LogP contribution in [0.25, 0.3) is 32.3 Å². The molecule has 0 unspecified atom stereocenters. The van der Waals surface area contributed by atoms with Crippen LogP contribution in [-0.4, -0.2) is 45.0 Å². The van der Waals surface area contributed by atoms with Crippen molar-refractivity contribution in [2.75, 3.05) is 0 Å². The molecule has 0 saturated heterocycles. The van der Waals surface area contributed by atoms with Crippen LogP contribution in [0, 0.1) is 0 Å². The molecule has 31 heavy (non-hydrogen) atoms. The van der Waals surface area contributed by atoms with E-state index >= 15 is 0 Å². The highest BCUT2D eigenvalue weighted by molar-refractivity contribution is 7.87. The van der Waals surface area contributed by atoms with Crippen molar-refractivity contribution in [3.63, 3.8) is 0 Å². The van der Waals surface area contributed by atoms with Crippen LogP contribution in [0.2, 0.25) is 0 Å². The van der Waals surface area contributed by atoms with Crippen LogP contribution in [0.1, 0.15) is 0 Å². The summed E-state index contributed by atoms with van der Waals surface area (Å²) in [6, 6.07) is 6.19. The van der Waals surface area contributed by atoms with Crippen molar-refractivity contribution in [2.24, 2.45) is 4.99 Å². The molecule has 0 fully saturated rings. The highest BCUT2D eigenvalue weighted by atomic mass is 32.2. The molecule has 0 aliphatic carbocycles. The van der Waals surface area contributed by atoms with Crippen molar-refractivity contribution in [1.29, 1.82) is 0 Å². The average molecular weight is 483 g/mol. The zero-order valence-corrected chi connectivity index (χ0v) is 17.3. The van der Waals surface area contributed by atoms with Crippen LogP contribution < -0.4 is 0 Å². The van der Waals surface area contributed by atoms with E-state index in [4.69, 9.17) is 0 Å². The zero-order valence-electron chi connectivity index (χ0n) is 14.8. The monoisotopic (exact) mass is 483 g/mol. The fourth-order valence-electron chi connectivity index (χ4n) is 3.66. The summed E-state index contributed by atoms with van der Waals surface area (Å²) in [4.78, 5) is 11.8. The molecule has 0 amide bonds. The van der Waals surface area contributed by atoms with Crippen molar-refractivity contribution in [1.82, 2.24) is 0 Å². The van der Waals surface area contributed by atoms with Gasteiger partial charge in [-0.15, -0.1) is 0 Å². The molecule has 0 spiro atoms. The van der Waals surface area contributed by atoms with E-state index < -0.39 is 45.0 Å². The molecular weight excluding hydrogens is 474 g/mol. The summed E-state index contributed by atoms with van der Waals surface area (Å²) in [5.41, 5.74) is -0.254. The van der Waals surface area contributed by atoms with Gasteiger partial charge in [-0.1, -0.05) is 24.3 Å². The lowest BCUT2D eigenvalue weighted by molar-refractivity contribution is 0.480. The lowest BCUT2D eigenvalue weighted by Gasteiger charge is -2.17. The van der Waals surface area contributed by atoms with Gasteiger partial charge in [-0.2, -0.15) is 30.2 Å². The molecule has 0 aromatic heterocycles. The van der Waals surface area contributed by atoms with E-state index in [9.17, 15) is 43.7 Å². The summed E-state index contributed by atoms with van der Waals surface area (Å²) in [5.74, 6) is 0. The molecule has 4 aromatic rings. The van der Waals surface area contributed by atoms with Crippen molar-refractivity contribution in [3.8, 4) is 0 Å². The first-order chi connectivity index (χ1) is 14.2. The number of benzene rings is 4. The number of hydrogen-bond donors (Lipinski definition) is 3. The molecule has 0 aliphatic rings. The Morgan fingerprint density at radius 2 is 0.968 bits per heavy atom. The van der Waals surface area contributed by atoms with E-state index in [-0.39, 0.29) is 38.0 Å². The lowest BCUT2D eigenvalue weighted by atomic mass is 9.93. The summed E-state index contributed by atoms with van der Waals surface area (Å²) < 4.78 is 100. The minimum Gasteiger partial charge on any atom is -0.282 e. The highest BCUT2D eigenvalue weighted by Crippen LogP contribution is 2.44. The number of nitrogens with zero attached hydrogens (tertiary/aromatic N) is 1. The average Bonchev–Trinajstić information content (AvgIpc) is 2.63. The highest BCUT2D eigenvalue weighted by Gasteiger charge is 2.27. The van der Waals surface area contributed by atoms with Gasteiger partial charge >= 0.3 is 0 Å². The first kappa shape index (κ1) is 21.3. The fraction of sp³-hybridized carbons (Fsp3) is 0. The SMILES string of the molecule is O=C=Nc1cc(S(=O)(=O)O)c2ccc3c(S(=O)(=O)O)cc(S(=O)(=O)O)c4ccc1c2c43. The second kappa shape index (κ2) is 6.51. The molecule has 0 saturated carbocycles. The predicted molar refractivity (Wildman–Crippen MR) is 107 cm³/mol. The van der Waals surface area contributed by atoms with Gasteiger partial charge in [0.05, 0.1) is 5.69 Å². The zero-order chi connectivity index (χ0) is 22.9. The number of isocyanates is 1. The Labute approximate surface area is 174 Å². The Bertz CT molecular complexity index is 1750. The Morgan fingerprint density at radius 3 is 1.35 bits per heavy atom. The second-order valence-electron chi connectivity index (χ2n) is 6.47. The van der Waals surface area contributed by atoms with Crippen LogP contribution >= 0.6 is 0 Å². The standard InChI is InChI=1S/C17H9NO10S3/c19-7-18-12-5-13(29(20,21)22)9-3-4-11-15(31(26,27)28)6-14(30(23,24)25)10-2-1-8(12)16(9)17(10)11/h1-6H,(H,20,21,22)(H,23,24,25)(H,26,27,28). The van der Waals surface area contributed by atoms with Gasteiger partial charge in [-0.05, 0) is 12.1 Å². The van der Waals surface area contributed by atoms with E-state index in [1.807, 2.05) is 0 Å². The van der Waals surface area contributed by atoms with Crippen LogP contribution in [0.5, 0.6) is 0 Å². The first-order valence-electron chi connectivity index (χ1n) is 8.04. The van der Waals surface area contributed by atoms with Gasteiger partial charge in [0.25, 0.3) is 30.4 Å². The van der Waals surface area contributed by atoms with E-state index in [2.05, 4.69) is 4.99 Å². The molecule has 0 radical (unpaired) electrons. The molecule has 4 aromatic carbocycles. The number of aliphatic imine (C=N–C) groups is 1. The molecule has 11 nitrogen and oxygen atoms in total. The topological polar surface area (TPSA) is 193 Å². The molecule has 0 aliphatic heterocycles.